The number of aryl methyl sites for hydroxylation is 2. The zero-order valence-electron chi connectivity index (χ0n) is 16.8. The van der Waals surface area contributed by atoms with Crippen molar-refractivity contribution in [3.8, 4) is 5.75 Å². The quantitative estimate of drug-likeness (QED) is 0.802. The highest BCUT2D eigenvalue weighted by atomic mass is 16.5. The van der Waals surface area contributed by atoms with Gasteiger partial charge in [-0.05, 0) is 48.6 Å². The van der Waals surface area contributed by atoms with E-state index in [0.717, 1.165) is 41.0 Å². The molecule has 1 unspecified atom stereocenters. The first-order valence-electron chi connectivity index (χ1n) is 9.83. The van der Waals surface area contributed by atoms with Crippen LogP contribution in [-0.2, 0) is 22.4 Å². The van der Waals surface area contributed by atoms with Crippen molar-refractivity contribution in [3.63, 3.8) is 0 Å². The second-order valence-electron chi connectivity index (χ2n) is 7.23. The molecule has 148 valence electrons. The highest BCUT2D eigenvalue weighted by molar-refractivity contribution is 6.01. The molecule has 2 aromatic rings. The largest absolute Gasteiger partial charge is 0.497 e. The van der Waals surface area contributed by atoms with Crippen LogP contribution in [0.2, 0.25) is 0 Å². The van der Waals surface area contributed by atoms with Crippen molar-refractivity contribution in [1.29, 1.82) is 0 Å². The normalized spacial score (nSPS) is 16.3. The smallest absolute Gasteiger partial charge is 0.227 e. The lowest BCUT2D eigenvalue weighted by atomic mass is 10.0. The SMILES string of the molecule is CCc1cccc(C)c1N1CC(C(=O)NCCc2cccc(OC)c2)CC1=O. The maximum absolute atomic E-state index is 12.6. The van der Waals surface area contributed by atoms with Crippen LogP contribution in [0.5, 0.6) is 5.75 Å². The monoisotopic (exact) mass is 380 g/mol. The molecule has 5 heteroatoms. The van der Waals surface area contributed by atoms with Gasteiger partial charge in [0.2, 0.25) is 11.8 Å². The third kappa shape index (κ3) is 4.35. The van der Waals surface area contributed by atoms with Gasteiger partial charge in [-0.3, -0.25) is 9.59 Å². The fraction of sp³-hybridized carbons (Fsp3) is 0.391. The summed E-state index contributed by atoms with van der Waals surface area (Å²) in [5, 5.41) is 2.99. The summed E-state index contributed by atoms with van der Waals surface area (Å²) in [6.45, 7) is 5.09. The van der Waals surface area contributed by atoms with Crippen LogP contribution in [0.4, 0.5) is 5.69 Å². The first kappa shape index (κ1) is 19.9. The average Bonchev–Trinajstić information content (AvgIpc) is 3.09. The molecule has 1 heterocycles. The first-order chi connectivity index (χ1) is 13.5. The minimum atomic E-state index is -0.304. The summed E-state index contributed by atoms with van der Waals surface area (Å²) in [4.78, 5) is 27.0. The molecule has 1 fully saturated rings. The van der Waals surface area contributed by atoms with Gasteiger partial charge in [-0.25, -0.2) is 0 Å². The Kier molecular flexibility index (Phi) is 6.34. The molecule has 1 saturated heterocycles. The summed E-state index contributed by atoms with van der Waals surface area (Å²) >= 11 is 0. The Morgan fingerprint density at radius 1 is 1.25 bits per heavy atom. The van der Waals surface area contributed by atoms with Gasteiger partial charge in [0.05, 0.1) is 13.0 Å². The van der Waals surface area contributed by atoms with E-state index in [4.69, 9.17) is 4.74 Å². The van der Waals surface area contributed by atoms with E-state index >= 15 is 0 Å². The van der Waals surface area contributed by atoms with Crippen LogP contribution >= 0.6 is 0 Å². The van der Waals surface area contributed by atoms with E-state index < -0.39 is 0 Å². The second kappa shape index (κ2) is 8.91. The lowest BCUT2D eigenvalue weighted by Crippen LogP contribution is -2.34. The first-order valence-corrected chi connectivity index (χ1v) is 9.83. The number of ether oxygens (including phenoxy) is 1. The van der Waals surface area contributed by atoms with Crippen LogP contribution in [0.1, 0.15) is 30.0 Å². The van der Waals surface area contributed by atoms with Crippen molar-refractivity contribution in [1.82, 2.24) is 5.32 Å². The number of nitrogens with one attached hydrogen (secondary N) is 1. The Balaban J connectivity index is 1.59. The number of carbonyl (C=O) groups excluding carboxylic acids is 2. The fourth-order valence-corrected chi connectivity index (χ4v) is 3.79. The van der Waals surface area contributed by atoms with Gasteiger partial charge in [-0.2, -0.15) is 0 Å². The number of hydrogen-bond acceptors (Lipinski definition) is 3. The van der Waals surface area contributed by atoms with Gasteiger partial charge < -0.3 is 15.0 Å². The van der Waals surface area contributed by atoms with Crippen LogP contribution in [-0.4, -0.2) is 32.0 Å². The van der Waals surface area contributed by atoms with E-state index in [1.54, 1.807) is 12.0 Å². The Morgan fingerprint density at radius 2 is 2.04 bits per heavy atom. The summed E-state index contributed by atoms with van der Waals surface area (Å²) in [5.41, 5.74) is 4.30. The van der Waals surface area contributed by atoms with Crippen LogP contribution in [0.25, 0.3) is 0 Å². The molecule has 1 atom stereocenters. The highest BCUT2D eigenvalue weighted by Crippen LogP contribution is 2.31. The van der Waals surface area contributed by atoms with Gasteiger partial charge in [0.25, 0.3) is 0 Å². The molecule has 0 saturated carbocycles. The maximum atomic E-state index is 12.6. The predicted molar refractivity (Wildman–Crippen MR) is 111 cm³/mol. The molecule has 0 aliphatic carbocycles. The molecule has 1 aliphatic heterocycles. The Labute approximate surface area is 166 Å². The zero-order chi connectivity index (χ0) is 20.1. The summed E-state index contributed by atoms with van der Waals surface area (Å²) < 4.78 is 5.23. The summed E-state index contributed by atoms with van der Waals surface area (Å²) in [7, 11) is 1.64. The van der Waals surface area contributed by atoms with Gasteiger partial charge in [-0.15, -0.1) is 0 Å². The van der Waals surface area contributed by atoms with Crippen molar-refractivity contribution in [3.05, 3.63) is 59.2 Å². The third-order valence-electron chi connectivity index (χ3n) is 5.32. The average molecular weight is 380 g/mol. The number of rotatable bonds is 7. The number of para-hydroxylation sites is 1. The molecule has 2 aromatic carbocycles. The number of nitrogens with zero attached hydrogens (tertiary/aromatic N) is 1. The Bertz CT molecular complexity index is 863. The van der Waals surface area contributed by atoms with E-state index in [0.29, 0.717) is 13.1 Å². The van der Waals surface area contributed by atoms with E-state index in [-0.39, 0.29) is 24.2 Å². The van der Waals surface area contributed by atoms with E-state index in [1.165, 1.54) is 0 Å². The highest BCUT2D eigenvalue weighted by Gasteiger charge is 2.36. The van der Waals surface area contributed by atoms with Gasteiger partial charge in [-0.1, -0.05) is 37.3 Å². The standard InChI is InChI=1S/C23H28N2O3/c1-4-18-9-5-7-16(2)22(18)25-15-19(14-21(25)26)23(27)24-12-11-17-8-6-10-20(13-17)28-3/h5-10,13,19H,4,11-12,14-15H2,1-3H3,(H,24,27). The number of benzene rings is 2. The molecule has 0 bridgehead atoms. The zero-order valence-corrected chi connectivity index (χ0v) is 16.8. The number of hydrogen-bond donors (Lipinski definition) is 1. The van der Waals surface area contributed by atoms with Crippen molar-refractivity contribution in [2.24, 2.45) is 5.92 Å². The van der Waals surface area contributed by atoms with Crippen molar-refractivity contribution >= 4 is 17.5 Å². The van der Waals surface area contributed by atoms with Crippen LogP contribution in [0, 0.1) is 12.8 Å². The number of methoxy groups -OCH3 is 1. The van der Waals surface area contributed by atoms with Crippen molar-refractivity contribution in [2.75, 3.05) is 25.1 Å². The van der Waals surface area contributed by atoms with Gasteiger partial charge in [0.1, 0.15) is 5.75 Å². The summed E-state index contributed by atoms with van der Waals surface area (Å²) in [6.07, 6.45) is 1.85. The van der Waals surface area contributed by atoms with E-state index in [1.807, 2.05) is 43.3 Å². The van der Waals surface area contributed by atoms with Crippen LogP contribution < -0.4 is 15.0 Å². The van der Waals surface area contributed by atoms with E-state index in [9.17, 15) is 9.59 Å². The molecule has 2 amide bonds. The van der Waals surface area contributed by atoms with Crippen molar-refractivity contribution < 1.29 is 14.3 Å². The summed E-state index contributed by atoms with van der Waals surface area (Å²) in [5.74, 6) is 0.482. The molecule has 5 nitrogen and oxygen atoms in total. The molecule has 28 heavy (non-hydrogen) atoms. The molecule has 3 rings (SSSR count). The van der Waals surface area contributed by atoms with Crippen LogP contribution in [0.15, 0.2) is 42.5 Å². The summed E-state index contributed by atoms with van der Waals surface area (Å²) in [6, 6.07) is 13.9. The van der Waals surface area contributed by atoms with Gasteiger partial charge in [0, 0.05) is 25.2 Å². The fourth-order valence-electron chi connectivity index (χ4n) is 3.79. The lowest BCUT2D eigenvalue weighted by Gasteiger charge is -2.22. The molecule has 0 aromatic heterocycles. The molecular formula is C23H28N2O3. The molecule has 1 aliphatic rings. The van der Waals surface area contributed by atoms with Gasteiger partial charge in [0.15, 0.2) is 0 Å². The predicted octanol–water partition coefficient (Wildman–Crippen LogP) is 3.28. The minimum absolute atomic E-state index is 0.0249. The van der Waals surface area contributed by atoms with E-state index in [2.05, 4.69) is 18.3 Å². The second-order valence-corrected chi connectivity index (χ2v) is 7.23. The molecular weight excluding hydrogens is 352 g/mol. The number of amides is 2. The Morgan fingerprint density at radius 3 is 2.79 bits per heavy atom. The number of anilines is 1. The maximum Gasteiger partial charge on any atom is 0.227 e. The molecule has 1 N–H and O–H groups in total. The topological polar surface area (TPSA) is 58.6 Å². The van der Waals surface area contributed by atoms with Crippen LogP contribution in [0.3, 0.4) is 0 Å². The number of carbonyl (C=O) groups is 2. The minimum Gasteiger partial charge on any atom is -0.497 e. The Hall–Kier alpha value is -2.82. The molecule has 0 spiro atoms. The van der Waals surface area contributed by atoms with Gasteiger partial charge >= 0.3 is 0 Å². The lowest BCUT2D eigenvalue weighted by molar-refractivity contribution is -0.126. The molecule has 0 radical (unpaired) electrons. The third-order valence-corrected chi connectivity index (χ3v) is 5.32. The van der Waals surface area contributed by atoms with Crippen molar-refractivity contribution in [2.45, 2.75) is 33.1 Å².